The Bertz CT molecular complexity index is 565. The monoisotopic (exact) mass is 257 g/mol. The van der Waals surface area contributed by atoms with E-state index < -0.39 is 0 Å². The van der Waals surface area contributed by atoms with Gasteiger partial charge in [0.25, 0.3) is 0 Å². The molecule has 2 saturated heterocycles. The first-order valence-electron chi connectivity index (χ1n) is 7.27. The molecular weight excluding hydrogens is 238 g/mol. The Balaban J connectivity index is 1.56. The summed E-state index contributed by atoms with van der Waals surface area (Å²) in [5, 5.41) is 4.81. The summed E-state index contributed by atoms with van der Waals surface area (Å²) in [5.74, 6) is 0.896. The third-order valence-electron chi connectivity index (χ3n) is 4.41. The Labute approximate surface area is 112 Å². The van der Waals surface area contributed by atoms with Crippen molar-refractivity contribution in [2.75, 3.05) is 0 Å². The summed E-state index contributed by atoms with van der Waals surface area (Å²) in [7, 11) is 0. The smallest absolute Gasteiger partial charge is 0.175 e. The lowest BCUT2D eigenvalue weighted by molar-refractivity contribution is 0.0931. The van der Waals surface area contributed by atoms with Crippen LogP contribution in [-0.4, -0.2) is 18.2 Å². The van der Waals surface area contributed by atoms with Crippen molar-refractivity contribution in [2.24, 2.45) is 0 Å². The van der Waals surface area contributed by atoms with E-state index in [4.69, 9.17) is 9.15 Å². The van der Waals surface area contributed by atoms with E-state index in [1.807, 2.05) is 18.2 Å². The molecule has 1 aromatic heterocycles. The molecule has 2 aliphatic heterocycles. The van der Waals surface area contributed by atoms with Crippen molar-refractivity contribution in [3.63, 3.8) is 0 Å². The average Bonchev–Trinajstić information content (AvgIpc) is 2.88. The predicted octanol–water partition coefficient (Wildman–Crippen LogP) is 3.48. The molecule has 3 heteroatoms. The van der Waals surface area contributed by atoms with Gasteiger partial charge in [-0.05, 0) is 37.8 Å². The van der Waals surface area contributed by atoms with Crippen molar-refractivity contribution in [1.29, 1.82) is 0 Å². The maximum absolute atomic E-state index is 6.23. The number of hydrogen-bond donors (Lipinski definition) is 1. The molecule has 2 aromatic rings. The molecule has 0 amide bonds. The van der Waals surface area contributed by atoms with Gasteiger partial charge in [0.05, 0.1) is 6.26 Å². The van der Waals surface area contributed by atoms with Crippen molar-refractivity contribution < 1.29 is 9.15 Å². The second kappa shape index (κ2) is 4.57. The van der Waals surface area contributed by atoms with Crippen LogP contribution in [0.5, 0.6) is 5.75 Å². The first-order valence-corrected chi connectivity index (χ1v) is 7.27. The summed E-state index contributed by atoms with van der Waals surface area (Å²) in [6.07, 6.45) is 8.24. The minimum atomic E-state index is 0.326. The topological polar surface area (TPSA) is 34.4 Å². The van der Waals surface area contributed by atoms with Gasteiger partial charge in [-0.1, -0.05) is 18.6 Å². The van der Waals surface area contributed by atoms with E-state index in [1.165, 1.54) is 19.3 Å². The normalized spacial score (nSPS) is 30.4. The lowest BCUT2D eigenvalue weighted by Gasteiger charge is -2.40. The largest absolute Gasteiger partial charge is 0.486 e. The number of benzene rings is 1. The van der Waals surface area contributed by atoms with Gasteiger partial charge in [0.15, 0.2) is 11.3 Å². The molecule has 3 nitrogen and oxygen atoms in total. The summed E-state index contributed by atoms with van der Waals surface area (Å²) in [4.78, 5) is 0. The molecule has 0 aliphatic carbocycles. The Morgan fingerprint density at radius 1 is 1.11 bits per heavy atom. The molecule has 100 valence electrons. The molecule has 0 saturated carbocycles. The van der Waals surface area contributed by atoms with Crippen LogP contribution < -0.4 is 10.1 Å². The number of hydrogen-bond acceptors (Lipinski definition) is 3. The Kier molecular flexibility index (Phi) is 2.73. The lowest BCUT2D eigenvalue weighted by atomic mass is 9.85. The zero-order chi connectivity index (χ0) is 12.7. The van der Waals surface area contributed by atoms with Crippen molar-refractivity contribution in [1.82, 2.24) is 5.32 Å². The number of piperidine rings is 2. The van der Waals surface area contributed by atoms with Gasteiger partial charge >= 0.3 is 0 Å². The molecule has 3 heterocycles. The Morgan fingerprint density at radius 2 is 1.95 bits per heavy atom. The van der Waals surface area contributed by atoms with Gasteiger partial charge in [0.1, 0.15) is 6.10 Å². The van der Waals surface area contributed by atoms with E-state index in [2.05, 4.69) is 11.4 Å². The van der Waals surface area contributed by atoms with Crippen LogP contribution in [0.4, 0.5) is 0 Å². The van der Waals surface area contributed by atoms with Crippen LogP contribution in [0, 0.1) is 0 Å². The number of rotatable bonds is 2. The van der Waals surface area contributed by atoms with Crippen LogP contribution in [0.2, 0.25) is 0 Å². The highest BCUT2D eigenvalue weighted by Crippen LogP contribution is 2.32. The molecule has 4 rings (SSSR count). The summed E-state index contributed by atoms with van der Waals surface area (Å²) < 4.78 is 11.8. The second-order valence-electron chi connectivity index (χ2n) is 5.80. The molecule has 1 aromatic carbocycles. The molecule has 2 fully saturated rings. The van der Waals surface area contributed by atoms with E-state index in [0.717, 1.165) is 29.6 Å². The highest BCUT2D eigenvalue weighted by atomic mass is 16.5. The van der Waals surface area contributed by atoms with Gasteiger partial charge in [-0.3, -0.25) is 0 Å². The molecule has 19 heavy (non-hydrogen) atoms. The maximum Gasteiger partial charge on any atom is 0.175 e. The standard InChI is InChI=1S/C16H19NO2/c1-3-11-7-8-18-16(11)15(6-1)19-14-9-12-4-2-5-13(10-14)17-12/h1,3,6-8,12-14,17H,2,4-5,9-10H2/t12-,13+,14-. The summed E-state index contributed by atoms with van der Waals surface area (Å²) in [6, 6.07) is 9.39. The molecule has 0 spiro atoms. The third kappa shape index (κ3) is 2.12. The molecular formula is C16H19NO2. The Hall–Kier alpha value is -1.48. The molecule has 2 aliphatic rings. The number of fused-ring (bicyclic) bond motifs is 3. The predicted molar refractivity (Wildman–Crippen MR) is 74.4 cm³/mol. The fourth-order valence-electron chi connectivity index (χ4n) is 3.55. The molecule has 1 N–H and O–H groups in total. The molecule has 0 radical (unpaired) electrons. The van der Waals surface area contributed by atoms with Crippen LogP contribution in [-0.2, 0) is 0 Å². The molecule has 0 unspecified atom stereocenters. The minimum absolute atomic E-state index is 0.326. The van der Waals surface area contributed by atoms with E-state index in [1.54, 1.807) is 6.26 Å². The maximum atomic E-state index is 6.23. The van der Waals surface area contributed by atoms with E-state index >= 15 is 0 Å². The first kappa shape index (κ1) is 11.4. The second-order valence-corrected chi connectivity index (χ2v) is 5.80. The van der Waals surface area contributed by atoms with E-state index in [-0.39, 0.29) is 0 Å². The number of ether oxygens (including phenoxy) is 1. The van der Waals surface area contributed by atoms with Gasteiger partial charge in [-0.2, -0.15) is 0 Å². The third-order valence-corrected chi connectivity index (χ3v) is 4.41. The van der Waals surface area contributed by atoms with Crippen LogP contribution >= 0.6 is 0 Å². The van der Waals surface area contributed by atoms with Crippen LogP contribution in [0.1, 0.15) is 32.1 Å². The average molecular weight is 257 g/mol. The Morgan fingerprint density at radius 3 is 2.79 bits per heavy atom. The van der Waals surface area contributed by atoms with E-state index in [0.29, 0.717) is 18.2 Å². The number of nitrogens with one attached hydrogen (secondary N) is 1. The molecule has 3 atom stereocenters. The van der Waals surface area contributed by atoms with Gasteiger partial charge in [-0.25, -0.2) is 0 Å². The fraction of sp³-hybridized carbons (Fsp3) is 0.500. The summed E-state index contributed by atoms with van der Waals surface area (Å²) >= 11 is 0. The zero-order valence-corrected chi connectivity index (χ0v) is 11.0. The fourth-order valence-corrected chi connectivity index (χ4v) is 3.55. The minimum Gasteiger partial charge on any atom is -0.486 e. The van der Waals surface area contributed by atoms with Gasteiger partial charge in [0.2, 0.25) is 0 Å². The number of furan rings is 1. The van der Waals surface area contributed by atoms with Crippen LogP contribution in [0.25, 0.3) is 11.0 Å². The van der Waals surface area contributed by atoms with Crippen LogP contribution in [0.3, 0.4) is 0 Å². The highest BCUT2D eigenvalue weighted by Gasteiger charge is 2.32. The van der Waals surface area contributed by atoms with Gasteiger partial charge in [0, 0.05) is 17.5 Å². The highest BCUT2D eigenvalue weighted by molar-refractivity contribution is 5.82. The van der Waals surface area contributed by atoms with Crippen molar-refractivity contribution in [3.8, 4) is 5.75 Å². The van der Waals surface area contributed by atoms with Crippen molar-refractivity contribution >= 4 is 11.0 Å². The van der Waals surface area contributed by atoms with Gasteiger partial charge < -0.3 is 14.5 Å². The zero-order valence-electron chi connectivity index (χ0n) is 11.0. The lowest BCUT2D eigenvalue weighted by Crippen LogP contribution is -2.51. The van der Waals surface area contributed by atoms with Crippen LogP contribution in [0.15, 0.2) is 34.9 Å². The van der Waals surface area contributed by atoms with Crippen molar-refractivity contribution in [2.45, 2.75) is 50.3 Å². The number of para-hydroxylation sites is 1. The SMILES string of the molecule is c1cc(O[C@@H]2C[C@H]3CCC[C@@H](C2)N3)c2occc2c1. The molecule has 2 bridgehead atoms. The van der Waals surface area contributed by atoms with Gasteiger partial charge in [-0.15, -0.1) is 0 Å². The summed E-state index contributed by atoms with van der Waals surface area (Å²) in [6.45, 7) is 0. The summed E-state index contributed by atoms with van der Waals surface area (Å²) in [5.41, 5.74) is 0.881. The van der Waals surface area contributed by atoms with Crippen molar-refractivity contribution in [3.05, 3.63) is 30.5 Å². The quantitative estimate of drug-likeness (QED) is 0.894. The first-order chi connectivity index (χ1) is 9.38. The van der Waals surface area contributed by atoms with E-state index in [9.17, 15) is 0 Å².